The number of hydrogen-bond acceptors (Lipinski definition) is 6. The molecule has 3 heterocycles. The number of fused-ring (bicyclic) bond motifs is 1. The second kappa shape index (κ2) is 6.93. The number of pyridine rings is 1. The summed E-state index contributed by atoms with van der Waals surface area (Å²) in [6, 6.07) is 13.6. The van der Waals surface area contributed by atoms with Crippen molar-refractivity contribution < 1.29 is 4.79 Å². The largest absolute Gasteiger partial charge is 0.296 e. The van der Waals surface area contributed by atoms with Crippen LogP contribution >= 0.6 is 22.7 Å². The fourth-order valence-electron chi connectivity index (χ4n) is 2.67. The van der Waals surface area contributed by atoms with Crippen LogP contribution in [0.3, 0.4) is 0 Å². The van der Waals surface area contributed by atoms with Gasteiger partial charge in [-0.3, -0.25) is 10.1 Å². The molecule has 0 spiro atoms. The van der Waals surface area contributed by atoms with Gasteiger partial charge in [0.2, 0.25) is 5.13 Å². The quantitative estimate of drug-likeness (QED) is 0.545. The van der Waals surface area contributed by atoms with Crippen molar-refractivity contribution in [1.29, 1.82) is 0 Å². The Kier molecular flexibility index (Phi) is 4.48. The van der Waals surface area contributed by atoms with Gasteiger partial charge in [-0.25, -0.2) is 4.98 Å². The highest BCUT2D eigenvalue weighted by atomic mass is 32.1. The number of aryl methyl sites for hydroxylation is 2. The fraction of sp³-hybridized carbons (Fsp3) is 0.158. The Balaban J connectivity index is 1.78. The second-order valence-electron chi connectivity index (χ2n) is 5.79. The summed E-state index contributed by atoms with van der Waals surface area (Å²) in [6.07, 6.45) is 0.799. The lowest BCUT2D eigenvalue weighted by Crippen LogP contribution is -2.13. The van der Waals surface area contributed by atoms with E-state index in [0.29, 0.717) is 10.7 Å². The molecule has 26 heavy (non-hydrogen) atoms. The zero-order valence-corrected chi connectivity index (χ0v) is 15.9. The van der Waals surface area contributed by atoms with Crippen LogP contribution in [0.15, 0.2) is 42.5 Å². The van der Waals surface area contributed by atoms with Gasteiger partial charge >= 0.3 is 0 Å². The van der Waals surface area contributed by atoms with Crippen molar-refractivity contribution in [2.45, 2.75) is 20.3 Å². The van der Waals surface area contributed by atoms with E-state index in [1.165, 1.54) is 16.2 Å². The van der Waals surface area contributed by atoms with Gasteiger partial charge in [-0.05, 0) is 37.6 Å². The number of carbonyl (C=O) groups is 1. The van der Waals surface area contributed by atoms with E-state index in [4.69, 9.17) is 4.98 Å². The Morgan fingerprint density at radius 2 is 1.96 bits per heavy atom. The summed E-state index contributed by atoms with van der Waals surface area (Å²) in [7, 11) is 0. The molecule has 0 aliphatic rings. The molecule has 1 amide bonds. The molecule has 4 aromatic rings. The number of thiophene rings is 1. The van der Waals surface area contributed by atoms with E-state index in [1.807, 2.05) is 43.3 Å². The summed E-state index contributed by atoms with van der Waals surface area (Å²) in [5.41, 5.74) is 2.19. The van der Waals surface area contributed by atoms with Crippen LogP contribution in [0.2, 0.25) is 0 Å². The van der Waals surface area contributed by atoms with Gasteiger partial charge in [-0.1, -0.05) is 36.5 Å². The van der Waals surface area contributed by atoms with E-state index >= 15 is 0 Å². The second-order valence-corrected chi connectivity index (χ2v) is 8.14. The van der Waals surface area contributed by atoms with Gasteiger partial charge in [0.05, 0.1) is 21.7 Å². The maximum Gasteiger partial charge on any atom is 0.258 e. The number of aromatic nitrogens is 3. The molecule has 0 radical (unpaired) electrons. The third kappa shape index (κ3) is 3.23. The fourth-order valence-corrected chi connectivity index (χ4v) is 4.18. The lowest BCUT2D eigenvalue weighted by molar-refractivity contribution is 0.102. The minimum Gasteiger partial charge on any atom is -0.296 e. The smallest absolute Gasteiger partial charge is 0.258 e. The standard InChI is InChI=1S/C19H16N4OS2/c1-3-17-22-23-19(26-17)21-18(24)13-10-15(16-9-8-11(2)25-16)20-14-7-5-4-6-12(13)14/h4-10H,3H2,1-2H3,(H,21,23,24). The lowest BCUT2D eigenvalue weighted by Gasteiger charge is -2.08. The van der Waals surface area contributed by atoms with Crippen LogP contribution in [-0.4, -0.2) is 21.1 Å². The van der Waals surface area contributed by atoms with Gasteiger partial charge in [-0.15, -0.1) is 21.5 Å². The Labute approximate surface area is 158 Å². The molecule has 0 bridgehead atoms. The zero-order valence-electron chi connectivity index (χ0n) is 14.3. The molecule has 0 saturated carbocycles. The average molecular weight is 380 g/mol. The molecule has 0 aliphatic carbocycles. The molecule has 3 aromatic heterocycles. The van der Waals surface area contributed by atoms with E-state index in [2.05, 4.69) is 28.5 Å². The van der Waals surface area contributed by atoms with Crippen LogP contribution < -0.4 is 5.32 Å². The molecule has 1 N–H and O–H groups in total. The van der Waals surface area contributed by atoms with Crippen molar-refractivity contribution in [2.75, 3.05) is 5.32 Å². The van der Waals surface area contributed by atoms with Crippen LogP contribution in [-0.2, 0) is 6.42 Å². The maximum atomic E-state index is 12.9. The van der Waals surface area contributed by atoms with Gasteiger partial charge in [0.15, 0.2) is 0 Å². The summed E-state index contributed by atoms with van der Waals surface area (Å²) >= 11 is 3.06. The molecular weight excluding hydrogens is 364 g/mol. The highest BCUT2D eigenvalue weighted by Gasteiger charge is 2.16. The number of nitrogens with zero attached hydrogens (tertiary/aromatic N) is 3. The molecule has 0 fully saturated rings. The number of anilines is 1. The monoisotopic (exact) mass is 380 g/mol. The third-order valence-electron chi connectivity index (χ3n) is 3.94. The van der Waals surface area contributed by atoms with Crippen LogP contribution in [0.25, 0.3) is 21.5 Å². The molecule has 0 aliphatic heterocycles. The number of benzene rings is 1. The third-order valence-corrected chi connectivity index (χ3v) is 5.95. The molecule has 0 saturated heterocycles. The average Bonchev–Trinajstić information content (AvgIpc) is 3.29. The Morgan fingerprint density at radius 3 is 2.69 bits per heavy atom. The molecule has 130 valence electrons. The highest BCUT2D eigenvalue weighted by molar-refractivity contribution is 7.15. The summed E-state index contributed by atoms with van der Waals surface area (Å²) < 4.78 is 0. The molecule has 7 heteroatoms. The summed E-state index contributed by atoms with van der Waals surface area (Å²) in [4.78, 5) is 19.9. The minimum atomic E-state index is -0.197. The molecule has 5 nitrogen and oxygen atoms in total. The number of hydrogen-bond donors (Lipinski definition) is 1. The van der Waals surface area contributed by atoms with Crippen LogP contribution in [0, 0.1) is 6.92 Å². The first kappa shape index (κ1) is 16.8. The predicted octanol–water partition coefficient (Wildman–Crippen LogP) is 4.94. The highest BCUT2D eigenvalue weighted by Crippen LogP contribution is 2.30. The first-order chi connectivity index (χ1) is 12.6. The molecular formula is C19H16N4OS2. The van der Waals surface area contributed by atoms with E-state index in [-0.39, 0.29) is 5.91 Å². The first-order valence-corrected chi connectivity index (χ1v) is 9.87. The number of carbonyl (C=O) groups excluding carboxylic acids is 1. The summed E-state index contributed by atoms with van der Waals surface area (Å²) in [5.74, 6) is -0.197. The van der Waals surface area contributed by atoms with E-state index in [1.54, 1.807) is 11.3 Å². The van der Waals surface area contributed by atoms with Crippen molar-refractivity contribution in [1.82, 2.24) is 15.2 Å². The van der Waals surface area contributed by atoms with Crippen LogP contribution in [0.4, 0.5) is 5.13 Å². The van der Waals surface area contributed by atoms with Crippen molar-refractivity contribution in [3.63, 3.8) is 0 Å². The van der Waals surface area contributed by atoms with Crippen molar-refractivity contribution in [3.8, 4) is 10.6 Å². The Bertz CT molecular complexity index is 1100. The lowest BCUT2D eigenvalue weighted by atomic mass is 10.1. The molecule has 0 unspecified atom stereocenters. The number of para-hydroxylation sites is 1. The van der Waals surface area contributed by atoms with Crippen molar-refractivity contribution >= 4 is 44.6 Å². The SMILES string of the molecule is CCc1nnc(NC(=O)c2cc(-c3ccc(C)s3)nc3ccccc23)s1. The molecule has 4 rings (SSSR count). The van der Waals surface area contributed by atoms with Crippen LogP contribution in [0.1, 0.15) is 27.2 Å². The molecule has 0 atom stereocenters. The van der Waals surface area contributed by atoms with Gasteiger partial charge in [0, 0.05) is 10.3 Å². The maximum absolute atomic E-state index is 12.9. The van der Waals surface area contributed by atoms with E-state index in [9.17, 15) is 4.79 Å². The molecule has 1 aromatic carbocycles. The minimum absolute atomic E-state index is 0.197. The number of rotatable bonds is 4. The van der Waals surface area contributed by atoms with Gasteiger partial charge in [0.1, 0.15) is 5.01 Å². The first-order valence-electron chi connectivity index (χ1n) is 8.24. The topological polar surface area (TPSA) is 67.8 Å². The Hall–Kier alpha value is -2.64. The Morgan fingerprint density at radius 1 is 1.12 bits per heavy atom. The van der Waals surface area contributed by atoms with Gasteiger partial charge in [-0.2, -0.15) is 0 Å². The van der Waals surface area contributed by atoms with E-state index < -0.39 is 0 Å². The van der Waals surface area contributed by atoms with Crippen LogP contribution in [0.5, 0.6) is 0 Å². The van der Waals surface area contributed by atoms with E-state index in [0.717, 1.165) is 32.9 Å². The summed E-state index contributed by atoms with van der Waals surface area (Å²) in [5, 5.41) is 13.2. The van der Waals surface area contributed by atoms with Gasteiger partial charge < -0.3 is 0 Å². The van der Waals surface area contributed by atoms with Gasteiger partial charge in [0.25, 0.3) is 5.91 Å². The van der Waals surface area contributed by atoms with Crippen molar-refractivity contribution in [3.05, 3.63) is 57.9 Å². The number of amides is 1. The zero-order chi connectivity index (χ0) is 18.1. The normalized spacial score (nSPS) is 11.0. The predicted molar refractivity (Wildman–Crippen MR) is 107 cm³/mol. The summed E-state index contributed by atoms with van der Waals surface area (Å²) in [6.45, 7) is 4.07. The number of nitrogens with one attached hydrogen (secondary N) is 1. The van der Waals surface area contributed by atoms with Crippen molar-refractivity contribution in [2.24, 2.45) is 0 Å².